The molecule has 0 atom stereocenters. The van der Waals surface area contributed by atoms with Gasteiger partial charge in [0.25, 0.3) is 0 Å². The van der Waals surface area contributed by atoms with E-state index < -0.39 is 5.97 Å². The molecule has 0 rings (SSSR count). The second kappa shape index (κ2) is 10.5. The maximum atomic E-state index is 10.3. The van der Waals surface area contributed by atoms with Crippen LogP contribution in [-0.4, -0.2) is 49.7 Å². The van der Waals surface area contributed by atoms with Crippen molar-refractivity contribution in [2.24, 2.45) is 0 Å². The third-order valence-electron chi connectivity index (χ3n) is 1.92. The molecule has 0 aliphatic rings. The Kier molecular flexibility index (Phi) is 11.0. The second-order valence-electron chi connectivity index (χ2n) is 4.09. The van der Waals surface area contributed by atoms with Crippen LogP contribution in [0.1, 0.15) is 19.8 Å². The zero-order chi connectivity index (χ0) is 14.7. The largest absolute Gasteiger partial charge is 0.478 e. The molecule has 104 valence electrons. The Hall–Kier alpha value is -1.62. The summed E-state index contributed by atoms with van der Waals surface area (Å²) in [5.41, 5.74) is 0.731. The summed E-state index contributed by atoms with van der Waals surface area (Å²) in [5, 5.41) is 8.43. The van der Waals surface area contributed by atoms with Gasteiger partial charge in [0.1, 0.15) is 0 Å². The maximum Gasteiger partial charge on any atom is 0.332 e. The molecule has 0 aromatic heterocycles. The van der Waals surface area contributed by atoms with Crippen molar-refractivity contribution in [1.82, 2.24) is 4.90 Å². The van der Waals surface area contributed by atoms with Crippen LogP contribution < -0.4 is 0 Å². The van der Waals surface area contributed by atoms with Gasteiger partial charge in [-0.25, -0.2) is 9.59 Å². The van der Waals surface area contributed by atoms with Gasteiger partial charge in [0.2, 0.25) is 0 Å². The molecule has 0 saturated carbocycles. The molecule has 0 saturated heterocycles. The van der Waals surface area contributed by atoms with Crippen LogP contribution in [0.15, 0.2) is 24.3 Å². The van der Waals surface area contributed by atoms with E-state index in [1.807, 2.05) is 19.0 Å². The predicted octanol–water partition coefficient (Wildman–Crippen LogP) is 1.70. The van der Waals surface area contributed by atoms with Gasteiger partial charge in [-0.2, -0.15) is 0 Å². The summed E-state index contributed by atoms with van der Waals surface area (Å²) in [7, 11) is 5.25. The fourth-order valence-corrected chi connectivity index (χ4v) is 0.890. The highest BCUT2D eigenvalue weighted by Gasteiger charge is 2.02. The number of rotatable bonds is 6. The quantitative estimate of drug-likeness (QED) is 0.579. The summed E-state index contributed by atoms with van der Waals surface area (Å²) >= 11 is 0. The van der Waals surface area contributed by atoms with Crippen molar-refractivity contribution in [3.63, 3.8) is 0 Å². The van der Waals surface area contributed by atoms with E-state index in [0.29, 0.717) is 17.6 Å². The number of carboxylic acid groups (broad SMARTS) is 1. The molecule has 0 amide bonds. The summed E-state index contributed by atoms with van der Waals surface area (Å²) in [6, 6.07) is 0. The van der Waals surface area contributed by atoms with Gasteiger partial charge in [-0.3, -0.25) is 0 Å². The van der Waals surface area contributed by atoms with E-state index in [2.05, 4.69) is 17.9 Å². The first-order valence-corrected chi connectivity index (χ1v) is 5.52. The van der Waals surface area contributed by atoms with E-state index >= 15 is 0 Å². The minimum atomic E-state index is -0.885. The number of hydrogen-bond acceptors (Lipinski definition) is 4. The Labute approximate surface area is 109 Å². The number of carbonyl (C=O) groups is 2. The smallest absolute Gasteiger partial charge is 0.332 e. The van der Waals surface area contributed by atoms with Crippen LogP contribution in [0.3, 0.4) is 0 Å². The summed E-state index contributed by atoms with van der Waals surface area (Å²) in [5.74, 6) is -1.23. The lowest BCUT2D eigenvalue weighted by molar-refractivity contribution is -0.136. The first kappa shape index (κ1) is 18.7. The summed E-state index contributed by atoms with van der Waals surface area (Å²) in [6.07, 6.45) is 1.44. The molecular weight excluding hydrogens is 234 g/mol. The third-order valence-corrected chi connectivity index (χ3v) is 1.92. The van der Waals surface area contributed by atoms with E-state index in [0.717, 1.165) is 13.0 Å². The number of esters is 1. The summed E-state index contributed by atoms with van der Waals surface area (Å²) in [6.45, 7) is 9.30. The minimum absolute atomic E-state index is 0.298. The van der Waals surface area contributed by atoms with Gasteiger partial charge in [0.15, 0.2) is 0 Å². The highest BCUT2D eigenvalue weighted by molar-refractivity contribution is 5.86. The number of ether oxygens (including phenoxy) is 1. The Balaban J connectivity index is 0. The van der Waals surface area contributed by atoms with E-state index in [4.69, 9.17) is 5.11 Å². The second-order valence-corrected chi connectivity index (χ2v) is 4.09. The molecule has 0 unspecified atom stereocenters. The van der Waals surface area contributed by atoms with Gasteiger partial charge in [-0.15, -0.1) is 0 Å². The molecule has 18 heavy (non-hydrogen) atoms. The normalized spacial score (nSPS) is 9.17. The monoisotopic (exact) mass is 257 g/mol. The lowest BCUT2D eigenvalue weighted by Gasteiger charge is -2.08. The number of carbonyl (C=O) groups excluding carboxylic acids is 1. The zero-order valence-corrected chi connectivity index (χ0v) is 11.7. The highest BCUT2D eigenvalue weighted by atomic mass is 16.5. The van der Waals surface area contributed by atoms with Crippen molar-refractivity contribution in [3.8, 4) is 0 Å². The Morgan fingerprint density at radius 2 is 1.78 bits per heavy atom. The van der Waals surface area contributed by atoms with Gasteiger partial charge >= 0.3 is 11.9 Å². The van der Waals surface area contributed by atoms with Crippen LogP contribution >= 0.6 is 0 Å². The van der Waals surface area contributed by atoms with Crippen LogP contribution in [0.25, 0.3) is 0 Å². The van der Waals surface area contributed by atoms with E-state index in [-0.39, 0.29) is 5.97 Å². The standard InChI is InChI=1S/C8H15NO2.C5H8O2/c1-7(8(10)11)5-4-6-9(2)3;1-4(2)5(6)7-3/h1,4-6H2,2-3H3,(H,10,11);1H2,2-3H3. The Morgan fingerprint density at radius 1 is 1.28 bits per heavy atom. The van der Waals surface area contributed by atoms with Crippen LogP contribution in [0.2, 0.25) is 0 Å². The Bertz CT molecular complexity index is 308. The van der Waals surface area contributed by atoms with Crippen LogP contribution in [-0.2, 0) is 14.3 Å². The van der Waals surface area contributed by atoms with Crippen molar-refractivity contribution >= 4 is 11.9 Å². The first-order chi connectivity index (χ1) is 8.22. The van der Waals surface area contributed by atoms with Crippen LogP contribution in [0, 0.1) is 0 Å². The summed E-state index contributed by atoms with van der Waals surface area (Å²) in [4.78, 5) is 22.5. The minimum Gasteiger partial charge on any atom is -0.478 e. The molecule has 0 bridgehead atoms. The maximum absolute atomic E-state index is 10.3. The van der Waals surface area contributed by atoms with E-state index in [1.165, 1.54) is 7.11 Å². The lowest BCUT2D eigenvalue weighted by atomic mass is 10.1. The van der Waals surface area contributed by atoms with Gasteiger partial charge in [0, 0.05) is 11.1 Å². The number of hydrogen-bond donors (Lipinski definition) is 1. The fraction of sp³-hybridized carbons (Fsp3) is 0.538. The van der Waals surface area contributed by atoms with E-state index in [9.17, 15) is 9.59 Å². The highest BCUT2D eigenvalue weighted by Crippen LogP contribution is 2.01. The molecule has 5 heteroatoms. The number of aliphatic carboxylic acids is 1. The van der Waals surface area contributed by atoms with Crippen molar-refractivity contribution in [2.75, 3.05) is 27.7 Å². The zero-order valence-electron chi connectivity index (χ0n) is 11.7. The molecule has 0 radical (unpaired) electrons. The molecule has 0 fully saturated rings. The van der Waals surface area contributed by atoms with Gasteiger partial charge in [-0.1, -0.05) is 13.2 Å². The molecule has 0 aromatic rings. The summed E-state index contributed by atoms with van der Waals surface area (Å²) < 4.78 is 4.27. The van der Waals surface area contributed by atoms with Crippen LogP contribution in [0.4, 0.5) is 0 Å². The first-order valence-electron chi connectivity index (χ1n) is 5.52. The predicted molar refractivity (Wildman–Crippen MR) is 71.4 cm³/mol. The molecule has 0 aliphatic carbocycles. The van der Waals surface area contributed by atoms with E-state index in [1.54, 1.807) is 6.92 Å². The average Bonchev–Trinajstić information content (AvgIpc) is 2.27. The fourth-order valence-electron chi connectivity index (χ4n) is 0.890. The molecule has 5 nitrogen and oxygen atoms in total. The van der Waals surface area contributed by atoms with Crippen LogP contribution in [0.5, 0.6) is 0 Å². The van der Waals surface area contributed by atoms with Gasteiger partial charge < -0.3 is 14.7 Å². The molecule has 0 heterocycles. The Morgan fingerprint density at radius 3 is 2.00 bits per heavy atom. The number of carboxylic acids is 1. The van der Waals surface area contributed by atoms with Gasteiger partial charge in [-0.05, 0) is 40.4 Å². The van der Waals surface area contributed by atoms with Crippen molar-refractivity contribution in [3.05, 3.63) is 24.3 Å². The molecule has 0 spiro atoms. The molecule has 0 aliphatic heterocycles. The molecule has 0 aromatic carbocycles. The average molecular weight is 257 g/mol. The molecule has 1 N–H and O–H groups in total. The topological polar surface area (TPSA) is 66.8 Å². The van der Waals surface area contributed by atoms with Crippen molar-refractivity contribution < 1.29 is 19.4 Å². The lowest BCUT2D eigenvalue weighted by Crippen LogP contribution is -2.13. The molecular formula is C13H23NO4. The number of nitrogens with zero attached hydrogens (tertiary/aromatic N) is 1. The SMILES string of the molecule is C=C(C)C(=O)OC.C=C(CCCN(C)C)C(=O)O. The number of methoxy groups -OCH3 is 1. The third kappa shape index (κ3) is 12.4. The van der Waals surface area contributed by atoms with Crippen molar-refractivity contribution in [2.45, 2.75) is 19.8 Å². The van der Waals surface area contributed by atoms with Gasteiger partial charge in [0.05, 0.1) is 7.11 Å². The van der Waals surface area contributed by atoms with Crippen molar-refractivity contribution in [1.29, 1.82) is 0 Å².